The second kappa shape index (κ2) is 9.33. The first kappa shape index (κ1) is 19.1. The van der Waals surface area contributed by atoms with Crippen molar-refractivity contribution in [3.05, 3.63) is 65.7 Å². The van der Waals surface area contributed by atoms with Gasteiger partial charge in [0, 0.05) is 25.1 Å². The lowest BCUT2D eigenvalue weighted by atomic mass is 9.98. The van der Waals surface area contributed by atoms with E-state index in [1.54, 1.807) is 12.1 Å². The molecular formula is C22H25NO4. The van der Waals surface area contributed by atoms with Gasteiger partial charge in [-0.1, -0.05) is 30.3 Å². The van der Waals surface area contributed by atoms with Crippen molar-refractivity contribution in [2.45, 2.75) is 25.9 Å². The highest BCUT2D eigenvalue weighted by molar-refractivity contribution is 5.96. The predicted octanol–water partition coefficient (Wildman–Crippen LogP) is 3.64. The lowest BCUT2D eigenvalue weighted by Gasteiger charge is -2.30. The van der Waals surface area contributed by atoms with Crippen LogP contribution in [0, 0.1) is 5.92 Å². The third kappa shape index (κ3) is 5.66. The highest BCUT2D eigenvalue weighted by Gasteiger charge is 2.25. The zero-order valence-corrected chi connectivity index (χ0v) is 15.3. The molecule has 1 heterocycles. The number of rotatable bonds is 8. The Morgan fingerprint density at radius 3 is 2.52 bits per heavy atom. The van der Waals surface area contributed by atoms with Crippen LogP contribution in [-0.2, 0) is 11.4 Å². The molecule has 1 N–H and O–H groups in total. The van der Waals surface area contributed by atoms with Crippen molar-refractivity contribution in [1.82, 2.24) is 4.90 Å². The maximum Gasteiger partial charge on any atom is 0.307 e. The molecule has 1 aliphatic rings. The van der Waals surface area contributed by atoms with Crippen LogP contribution in [0.3, 0.4) is 0 Å². The Hall–Kier alpha value is -2.66. The molecule has 0 aliphatic carbocycles. The number of ketones is 1. The number of hydrogen-bond acceptors (Lipinski definition) is 4. The van der Waals surface area contributed by atoms with Gasteiger partial charge in [-0.05, 0) is 49.2 Å². The summed E-state index contributed by atoms with van der Waals surface area (Å²) in [6, 6.07) is 17.1. The molecule has 2 aromatic rings. The molecule has 5 heteroatoms. The Bertz CT molecular complexity index is 758. The van der Waals surface area contributed by atoms with Gasteiger partial charge in [0.05, 0.1) is 5.92 Å². The number of likely N-dealkylation sites (tertiary alicyclic amines) is 1. The third-order valence-electron chi connectivity index (χ3n) is 4.93. The topological polar surface area (TPSA) is 66.8 Å². The number of carboxylic acids is 1. The second-order valence-electron chi connectivity index (χ2n) is 6.95. The Morgan fingerprint density at radius 1 is 1.07 bits per heavy atom. The minimum atomic E-state index is -0.739. The summed E-state index contributed by atoms with van der Waals surface area (Å²) in [5.41, 5.74) is 1.76. The molecule has 2 aromatic carbocycles. The molecule has 5 nitrogen and oxygen atoms in total. The monoisotopic (exact) mass is 367 g/mol. The van der Waals surface area contributed by atoms with Gasteiger partial charge in [0.15, 0.2) is 5.78 Å². The maximum atomic E-state index is 12.4. The van der Waals surface area contributed by atoms with Gasteiger partial charge >= 0.3 is 5.97 Å². The van der Waals surface area contributed by atoms with Crippen molar-refractivity contribution in [2.75, 3.05) is 19.6 Å². The fourth-order valence-electron chi connectivity index (χ4n) is 3.34. The minimum absolute atomic E-state index is 0.0713. The molecule has 0 amide bonds. The lowest BCUT2D eigenvalue weighted by Crippen LogP contribution is -2.39. The molecule has 1 saturated heterocycles. The van der Waals surface area contributed by atoms with Gasteiger partial charge in [0.1, 0.15) is 12.4 Å². The van der Waals surface area contributed by atoms with Crippen LogP contribution in [0.2, 0.25) is 0 Å². The van der Waals surface area contributed by atoms with Gasteiger partial charge < -0.3 is 14.7 Å². The van der Waals surface area contributed by atoms with Crippen molar-refractivity contribution in [3.8, 4) is 5.75 Å². The van der Waals surface area contributed by atoms with Crippen LogP contribution < -0.4 is 4.74 Å². The number of carbonyl (C=O) groups excluding carboxylic acids is 1. The second-order valence-corrected chi connectivity index (χ2v) is 6.95. The molecular weight excluding hydrogens is 342 g/mol. The average Bonchev–Trinajstić information content (AvgIpc) is 2.72. The van der Waals surface area contributed by atoms with Crippen molar-refractivity contribution < 1.29 is 19.4 Å². The Morgan fingerprint density at radius 2 is 1.81 bits per heavy atom. The number of nitrogens with zero attached hydrogens (tertiary/aromatic N) is 1. The zero-order valence-electron chi connectivity index (χ0n) is 15.3. The summed E-state index contributed by atoms with van der Waals surface area (Å²) in [6.07, 6.45) is 2.00. The van der Waals surface area contributed by atoms with Gasteiger partial charge in [-0.3, -0.25) is 9.59 Å². The van der Waals surface area contributed by atoms with Crippen molar-refractivity contribution in [1.29, 1.82) is 0 Å². The number of benzene rings is 2. The van der Waals surface area contributed by atoms with Crippen LogP contribution in [0.5, 0.6) is 5.75 Å². The van der Waals surface area contributed by atoms with Crippen LogP contribution in [0.15, 0.2) is 54.6 Å². The van der Waals surface area contributed by atoms with E-state index in [9.17, 15) is 9.59 Å². The van der Waals surface area contributed by atoms with Crippen molar-refractivity contribution in [2.24, 2.45) is 5.92 Å². The van der Waals surface area contributed by atoms with E-state index in [0.717, 1.165) is 30.7 Å². The van der Waals surface area contributed by atoms with Crippen molar-refractivity contribution in [3.63, 3.8) is 0 Å². The molecule has 142 valence electrons. The van der Waals surface area contributed by atoms with E-state index in [4.69, 9.17) is 9.84 Å². The van der Waals surface area contributed by atoms with E-state index in [1.165, 1.54) is 0 Å². The number of carbonyl (C=O) groups is 2. The number of piperidine rings is 1. The molecule has 1 unspecified atom stereocenters. The van der Waals surface area contributed by atoms with Gasteiger partial charge in [-0.15, -0.1) is 0 Å². The smallest absolute Gasteiger partial charge is 0.307 e. The van der Waals surface area contributed by atoms with Crippen molar-refractivity contribution >= 4 is 11.8 Å². The van der Waals surface area contributed by atoms with E-state index < -0.39 is 5.97 Å². The first-order chi connectivity index (χ1) is 13.1. The first-order valence-electron chi connectivity index (χ1n) is 9.37. The Balaban J connectivity index is 1.46. The zero-order chi connectivity index (χ0) is 19.1. The van der Waals surface area contributed by atoms with E-state index in [2.05, 4.69) is 4.90 Å². The number of carboxylic acid groups (broad SMARTS) is 1. The van der Waals surface area contributed by atoms with E-state index in [1.807, 2.05) is 42.5 Å². The summed E-state index contributed by atoms with van der Waals surface area (Å²) in [4.78, 5) is 25.6. The van der Waals surface area contributed by atoms with E-state index in [0.29, 0.717) is 31.7 Å². The fourth-order valence-corrected chi connectivity index (χ4v) is 3.34. The first-order valence-corrected chi connectivity index (χ1v) is 9.37. The number of ether oxygens (including phenoxy) is 1. The van der Waals surface area contributed by atoms with Crippen LogP contribution in [-0.4, -0.2) is 41.4 Å². The van der Waals surface area contributed by atoms with Gasteiger partial charge in [-0.2, -0.15) is 0 Å². The molecule has 27 heavy (non-hydrogen) atoms. The SMILES string of the molecule is O=C(CCN1CCCC(C(=O)O)C1)c1ccc(OCc2ccccc2)cc1. The molecule has 0 bridgehead atoms. The summed E-state index contributed by atoms with van der Waals surface area (Å²) in [5, 5.41) is 9.15. The van der Waals surface area contributed by atoms with Crippen LogP contribution in [0.25, 0.3) is 0 Å². The summed E-state index contributed by atoms with van der Waals surface area (Å²) < 4.78 is 5.74. The predicted molar refractivity (Wildman–Crippen MR) is 103 cm³/mol. The summed E-state index contributed by atoms with van der Waals surface area (Å²) >= 11 is 0. The van der Waals surface area contributed by atoms with Crippen LogP contribution >= 0.6 is 0 Å². The molecule has 3 rings (SSSR count). The number of aliphatic carboxylic acids is 1. The molecule has 1 atom stereocenters. The molecule has 0 saturated carbocycles. The molecule has 1 aliphatic heterocycles. The summed E-state index contributed by atoms with van der Waals surface area (Å²) in [7, 11) is 0. The largest absolute Gasteiger partial charge is 0.489 e. The summed E-state index contributed by atoms with van der Waals surface area (Å²) in [5.74, 6) is -0.246. The molecule has 0 spiro atoms. The van der Waals surface area contributed by atoms with E-state index >= 15 is 0 Å². The highest BCUT2D eigenvalue weighted by Crippen LogP contribution is 2.18. The average molecular weight is 367 g/mol. The Kier molecular flexibility index (Phi) is 6.60. The molecule has 1 fully saturated rings. The maximum absolute atomic E-state index is 12.4. The standard InChI is InChI=1S/C22H25NO4/c24-21(12-14-23-13-4-7-19(15-23)22(25)26)18-8-10-20(11-9-18)27-16-17-5-2-1-3-6-17/h1-3,5-6,8-11,19H,4,7,12-16H2,(H,25,26). The number of hydrogen-bond donors (Lipinski definition) is 1. The Labute approximate surface area is 159 Å². The van der Waals surface area contributed by atoms with Crippen LogP contribution in [0.1, 0.15) is 35.2 Å². The molecule has 0 aromatic heterocycles. The highest BCUT2D eigenvalue weighted by atomic mass is 16.5. The number of Topliss-reactive ketones (excluding diaryl/α,β-unsaturated/α-hetero) is 1. The third-order valence-corrected chi connectivity index (χ3v) is 4.93. The van der Waals surface area contributed by atoms with Gasteiger partial charge in [-0.25, -0.2) is 0 Å². The normalized spacial score (nSPS) is 17.4. The lowest BCUT2D eigenvalue weighted by molar-refractivity contribution is -0.143. The quantitative estimate of drug-likeness (QED) is 0.722. The van der Waals surface area contributed by atoms with Gasteiger partial charge in [0.2, 0.25) is 0 Å². The van der Waals surface area contributed by atoms with Gasteiger partial charge in [0.25, 0.3) is 0 Å². The summed E-state index contributed by atoms with van der Waals surface area (Å²) in [6.45, 7) is 2.50. The van der Waals surface area contributed by atoms with E-state index in [-0.39, 0.29) is 11.7 Å². The molecule has 0 radical (unpaired) electrons. The van der Waals surface area contributed by atoms with Crippen LogP contribution in [0.4, 0.5) is 0 Å². The minimum Gasteiger partial charge on any atom is -0.489 e. The fraction of sp³-hybridized carbons (Fsp3) is 0.364.